The molecule has 2 N–H and O–H groups in total. The van der Waals surface area contributed by atoms with E-state index in [0.29, 0.717) is 36.1 Å². The summed E-state index contributed by atoms with van der Waals surface area (Å²) in [6.07, 6.45) is 6.71. The van der Waals surface area contributed by atoms with Crippen molar-refractivity contribution in [1.82, 2.24) is 4.98 Å². The van der Waals surface area contributed by atoms with Crippen LogP contribution in [0.3, 0.4) is 0 Å². The van der Waals surface area contributed by atoms with Gasteiger partial charge in [0, 0.05) is 29.3 Å². The first-order valence-corrected chi connectivity index (χ1v) is 14.3. The van der Waals surface area contributed by atoms with Crippen LogP contribution in [-0.4, -0.2) is 29.6 Å². The first-order chi connectivity index (χ1) is 16.5. The summed E-state index contributed by atoms with van der Waals surface area (Å²) in [5, 5.41) is 3.49. The molecule has 0 bridgehead atoms. The van der Waals surface area contributed by atoms with Gasteiger partial charge in [0.1, 0.15) is 11.5 Å². The van der Waals surface area contributed by atoms with Crippen molar-refractivity contribution in [3.8, 4) is 5.75 Å². The van der Waals surface area contributed by atoms with Gasteiger partial charge >= 0.3 is 10.4 Å². The third kappa shape index (κ3) is 4.75. The summed E-state index contributed by atoms with van der Waals surface area (Å²) < 4.78 is 35.9. The minimum atomic E-state index is -4.57. The number of ketones is 1. The maximum absolute atomic E-state index is 13.2. The molecule has 1 aromatic heterocycles. The number of aryl methyl sites for hydroxylation is 2. The molecule has 0 spiro atoms. The molecule has 35 heavy (non-hydrogen) atoms. The van der Waals surface area contributed by atoms with Crippen molar-refractivity contribution in [3.63, 3.8) is 0 Å². The van der Waals surface area contributed by atoms with Crippen molar-refractivity contribution < 1.29 is 26.7 Å². The molecule has 2 aromatic rings. The van der Waals surface area contributed by atoms with E-state index >= 15 is 0 Å². The summed E-state index contributed by atoms with van der Waals surface area (Å²) in [6.45, 7) is 4.07. The van der Waals surface area contributed by atoms with Gasteiger partial charge < -0.3 is 9.50 Å². The van der Waals surface area contributed by atoms with Gasteiger partial charge in [0.25, 0.3) is 0 Å². The molecule has 3 aliphatic rings. The zero-order valence-corrected chi connectivity index (χ0v) is 21.5. The van der Waals surface area contributed by atoms with E-state index in [4.69, 9.17) is 4.55 Å². The fourth-order valence-electron chi connectivity index (χ4n) is 6.97. The molecule has 10 heteroatoms. The van der Waals surface area contributed by atoms with E-state index in [-0.39, 0.29) is 34.8 Å². The van der Waals surface area contributed by atoms with Gasteiger partial charge in [0.05, 0.1) is 0 Å². The summed E-state index contributed by atoms with van der Waals surface area (Å²) >= 11 is 1.45. The Hall–Kier alpha value is -2.30. The molecule has 188 valence electrons. The molecule has 5 atom stereocenters. The molecule has 8 nitrogen and oxygen atoms in total. The predicted molar refractivity (Wildman–Crippen MR) is 132 cm³/mol. The van der Waals surface area contributed by atoms with Crippen molar-refractivity contribution in [1.29, 1.82) is 0 Å². The molecule has 3 aliphatic carbocycles. The van der Waals surface area contributed by atoms with E-state index in [1.54, 1.807) is 18.3 Å². The van der Waals surface area contributed by atoms with Crippen LogP contribution in [0.15, 0.2) is 24.4 Å². The highest BCUT2D eigenvalue weighted by atomic mass is 32.3. The van der Waals surface area contributed by atoms with Crippen LogP contribution in [0.2, 0.25) is 0 Å². The molecule has 5 rings (SSSR count). The highest BCUT2D eigenvalue weighted by Gasteiger charge is 2.58. The zero-order chi connectivity index (χ0) is 25.0. The topological polar surface area (TPSA) is 123 Å². The van der Waals surface area contributed by atoms with Gasteiger partial charge in [-0.3, -0.25) is 14.1 Å². The lowest BCUT2D eigenvalue weighted by molar-refractivity contribution is -0.129. The molecule has 4 unspecified atom stereocenters. The van der Waals surface area contributed by atoms with E-state index in [9.17, 15) is 18.0 Å². The fourth-order valence-corrected chi connectivity index (χ4v) is 7.99. The Morgan fingerprint density at radius 2 is 2.14 bits per heavy atom. The third-order valence-electron chi connectivity index (χ3n) is 8.35. The van der Waals surface area contributed by atoms with Crippen LogP contribution < -0.4 is 9.50 Å². The zero-order valence-electron chi connectivity index (χ0n) is 19.8. The van der Waals surface area contributed by atoms with Gasteiger partial charge in [-0.15, -0.1) is 11.3 Å². The number of hydrogen-bond donors (Lipinski definition) is 2. The van der Waals surface area contributed by atoms with Gasteiger partial charge in [0.15, 0.2) is 5.13 Å². The summed E-state index contributed by atoms with van der Waals surface area (Å²) in [7, 11) is -4.57. The van der Waals surface area contributed by atoms with Crippen LogP contribution in [0.25, 0.3) is 0 Å². The van der Waals surface area contributed by atoms with E-state index < -0.39 is 10.4 Å². The molecule has 1 heterocycles. The second-order valence-corrected chi connectivity index (χ2v) is 12.7. The van der Waals surface area contributed by atoms with Crippen LogP contribution in [0.5, 0.6) is 5.75 Å². The average Bonchev–Trinajstić information content (AvgIpc) is 3.30. The largest absolute Gasteiger partial charge is 0.446 e. The Morgan fingerprint density at radius 3 is 2.86 bits per heavy atom. The lowest BCUT2D eigenvalue weighted by atomic mass is 9.54. The number of carbonyl (C=O) groups excluding carboxylic acids is 2. The molecule has 0 radical (unpaired) electrons. The number of anilines is 1. The number of nitrogens with zero attached hydrogens (tertiary/aromatic N) is 1. The number of aromatic nitrogens is 1. The fraction of sp³-hybridized carbons (Fsp3) is 0.560. The molecule has 2 fully saturated rings. The lowest BCUT2D eigenvalue weighted by Gasteiger charge is -2.50. The first-order valence-electron chi connectivity index (χ1n) is 12.1. The second kappa shape index (κ2) is 8.97. The maximum Gasteiger partial charge on any atom is 0.446 e. The number of hydrogen-bond acceptors (Lipinski definition) is 7. The van der Waals surface area contributed by atoms with E-state index in [1.165, 1.54) is 16.9 Å². The number of Topliss-reactive ketones (excluding diaryl/α,β-unsaturated/α-hetero) is 1. The molecule has 2 saturated carbocycles. The minimum absolute atomic E-state index is 0.0619. The Morgan fingerprint density at radius 1 is 1.34 bits per heavy atom. The monoisotopic (exact) mass is 518 g/mol. The van der Waals surface area contributed by atoms with Gasteiger partial charge in [0.2, 0.25) is 5.91 Å². The Bertz CT molecular complexity index is 1270. The standard InChI is InChI=1S/C25H30N2O6S2/c1-14-13-26-24(34-14)27-22(29)8-4-16-12-21(28)25(2)10-9-19-18-7-5-17(33-35(30,31)32)11-15(18)3-6-20(19)23(16)25/h5,7,11,13,16,19-20,23H,3-4,6,8-10,12H2,1-2H3,(H,26,27,29)(H,30,31,32)/t16?,19?,20?,23?,25-/m1/s1. The SMILES string of the molecule is Cc1cnc(NC(=O)CCC2CC(=O)[C@@]3(C)CCC4c5ccc(OS(=O)(=O)O)cc5CCC4C23)s1. The highest BCUT2D eigenvalue weighted by Crippen LogP contribution is 2.62. The molecule has 1 amide bonds. The maximum atomic E-state index is 13.2. The molecule has 0 saturated heterocycles. The average molecular weight is 519 g/mol. The molecule has 1 aromatic carbocycles. The van der Waals surface area contributed by atoms with Crippen LogP contribution in [0.4, 0.5) is 5.13 Å². The summed E-state index contributed by atoms with van der Waals surface area (Å²) in [5.41, 5.74) is 1.87. The molecular weight excluding hydrogens is 488 g/mol. The van der Waals surface area contributed by atoms with Gasteiger partial charge in [-0.25, -0.2) is 4.98 Å². The van der Waals surface area contributed by atoms with E-state index in [0.717, 1.165) is 36.1 Å². The Balaban J connectivity index is 1.33. The highest BCUT2D eigenvalue weighted by molar-refractivity contribution is 7.81. The lowest BCUT2D eigenvalue weighted by Crippen LogP contribution is -2.44. The quantitative estimate of drug-likeness (QED) is 0.531. The predicted octanol–water partition coefficient (Wildman–Crippen LogP) is 4.70. The van der Waals surface area contributed by atoms with Crippen LogP contribution in [-0.2, 0) is 26.4 Å². The Kier molecular flexibility index (Phi) is 6.26. The molecular formula is C25H30N2O6S2. The number of fused-ring (bicyclic) bond motifs is 5. The third-order valence-corrected chi connectivity index (χ3v) is 9.58. The van der Waals surface area contributed by atoms with Gasteiger partial charge in [-0.2, -0.15) is 8.42 Å². The van der Waals surface area contributed by atoms with Crippen molar-refractivity contribution in [3.05, 3.63) is 40.4 Å². The number of benzene rings is 1. The molecule has 0 aliphatic heterocycles. The van der Waals surface area contributed by atoms with Crippen LogP contribution in [0, 0.1) is 30.1 Å². The number of rotatable bonds is 6. The van der Waals surface area contributed by atoms with Crippen molar-refractivity contribution in [2.24, 2.45) is 23.2 Å². The van der Waals surface area contributed by atoms with Gasteiger partial charge in [-0.05, 0) is 86.0 Å². The van der Waals surface area contributed by atoms with Crippen LogP contribution in [0.1, 0.15) is 67.4 Å². The summed E-state index contributed by atoms with van der Waals surface area (Å²) in [5.74, 6) is 1.41. The summed E-state index contributed by atoms with van der Waals surface area (Å²) in [4.78, 5) is 31.0. The second-order valence-electron chi connectivity index (χ2n) is 10.4. The van der Waals surface area contributed by atoms with E-state index in [1.807, 2.05) is 13.0 Å². The van der Waals surface area contributed by atoms with E-state index in [2.05, 4.69) is 21.4 Å². The number of carbonyl (C=O) groups is 2. The number of nitrogens with one attached hydrogen (secondary N) is 1. The number of thiazole rings is 1. The van der Waals surface area contributed by atoms with Crippen molar-refractivity contribution in [2.75, 3.05) is 5.32 Å². The van der Waals surface area contributed by atoms with Crippen molar-refractivity contribution >= 4 is 38.6 Å². The normalized spacial score (nSPS) is 29.7. The Labute approximate surface area is 209 Å². The minimum Gasteiger partial charge on any atom is -0.362 e. The number of amides is 1. The van der Waals surface area contributed by atoms with Crippen molar-refractivity contribution in [2.45, 2.75) is 64.7 Å². The van der Waals surface area contributed by atoms with Gasteiger partial charge in [-0.1, -0.05) is 13.0 Å². The first kappa shape index (κ1) is 24.4. The smallest absolute Gasteiger partial charge is 0.362 e. The van der Waals surface area contributed by atoms with Crippen LogP contribution >= 0.6 is 11.3 Å². The summed E-state index contributed by atoms with van der Waals surface area (Å²) in [6, 6.07) is 5.20.